The molecule has 2 aliphatic rings. The van der Waals surface area contributed by atoms with Crippen molar-refractivity contribution in [2.75, 3.05) is 54.4 Å². The second-order valence-corrected chi connectivity index (χ2v) is 11.3. The summed E-state index contributed by atoms with van der Waals surface area (Å²) >= 11 is 0. The molecule has 9 heteroatoms. The zero-order valence-electron chi connectivity index (χ0n) is 24.3. The van der Waals surface area contributed by atoms with E-state index in [0.717, 1.165) is 66.1 Å². The number of aliphatic hydroxyl groups excluding tert-OH is 1. The van der Waals surface area contributed by atoms with Gasteiger partial charge in [-0.25, -0.2) is 8.78 Å². The summed E-state index contributed by atoms with van der Waals surface area (Å²) in [5.41, 5.74) is 6.64. The van der Waals surface area contributed by atoms with Gasteiger partial charge >= 0.3 is 0 Å². The van der Waals surface area contributed by atoms with E-state index in [9.17, 15) is 23.9 Å². The van der Waals surface area contributed by atoms with Crippen molar-refractivity contribution in [1.82, 2.24) is 4.90 Å². The largest absolute Gasteiger partial charge is 0.394 e. The lowest BCUT2D eigenvalue weighted by Crippen LogP contribution is -2.56. The number of carbonyl (C=O) groups excluding carboxylic acids is 1. The summed E-state index contributed by atoms with van der Waals surface area (Å²) in [7, 11) is 0. The molecule has 2 aliphatic heterocycles. The van der Waals surface area contributed by atoms with Gasteiger partial charge in [0.1, 0.15) is 6.07 Å². The van der Waals surface area contributed by atoms with Crippen LogP contribution in [0.5, 0.6) is 0 Å². The van der Waals surface area contributed by atoms with Gasteiger partial charge in [0.15, 0.2) is 11.6 Å². The van der Waals surface area contributed by atoms with Crippen LogP contribution in [0.4, 0.5) is 25.8 Å². The Hall–Kier alpha value is -4.16. The van der Waals surface area contributed by atoms with Gasteiger partial charge in [-0.15, -0.1) is 0 Å². The number of amides is 1. The molecule has 0 spiro atoms. The standard InChI is InChI=1S/C33H37F2N5O2/c1-21-16-22(2)32(37-25-10-12-38(13-11-25)30-7-5-4-6-24(30)18-36)23(3)31(21)33(42)39-14-15-40(27(19-39)20-41)26-8-9-28(34)29(35)17-26/h4-9,16-17,25,27,37,41H,10-15,19-20H2,1-3H3/t27-/m0/s1. The van der Waals surface area contributed by atoms with E-state index in [0.29, 0.717) is 29.9 Å². The van der Waals surface area contributed by atoms with Crippen LogP contribution in [0.3, 0.4) is 0 Å². The van der Waals surface area contributed by atoms with Crippen molar-refractivity contribution < 1.29 is 18.7 Å². The van der Waals surface area contributed by atoms with Crippen LogP contribution in [0.15, 0.2) is 48.5 Å². The Morgan fingerprint density at radius 2 is 1.74 bits per heavy atom. The van der Waals surface area contributed by atoms with Crippen LogP contribution in [-0.2, 0) is 0 Å². The fraction of sp³-hybridized carbons (Fsp3) is 0.394. The minimum Gasteiger partial charge on any atom is -0.394 e. The molecule has 3 aromatic rings. The van der Waals surface area contributed by atoms with E-state index in [4.69, 9.17) is 0 Å². The normalized spacial score (nSPS) is 17.7. The SMILES string of the molecule is Cc1cc(C)c(C(=O)N2CCN(c3ccc(F)c(F)c3)[C@H](CO)C2)c(C)c1NC1CCN(c2ccccc2C#N)CC1. The third-order valence-corrected chi connectivity index (χ3v) is 8.61. The number of aryl methyl sites for hydroxylation is 2. The van der Waals surface area contributed by atoms with Gasteiger partial charge in [0, 0.05) is 61.8 Å². The number of benzene rings is 3. The number of carbonyl (C=O) groups is 1. The molecular formula is C33H37F2N5O2. The van der Waals surface area contributed by atoms with Crippen molar-refractivity contribution in [3.8, 4) is 6.07 Å². The van der Waals surface area contributed by atoms with E-state index in [1.54, 1.807) is 4.90 Å². The zero-order chi connectivity index (χ0) is 30.0. The fourth-order valence-corrected chi connectivity index (χ4v) is 6.41. The van der Waals surface area contributed by atoms with Crippen molar-refractivity contribution in [2.45, 2.75) is 45.7 Å². The van der Waals surface area contributed by atoms with E-state index in [1.807, 2.05) is 49.1 Å². The van der Waals surface area contributed by atoms with Crippen LogP contribution >= 0.6 is 0 Å². The molecule has 0 aromatic heterocycles. The Kier molecular flexibility index (Phi) is 8.64. The molecule has 2 saturated heterocycles. The number of rotatable bonds is 6. The number of nitrogens with zero attached hydrogens (tertiary/aromatic N) is 4. The average Bonchev–Trinajstić information content (AvgIpc) is 3.00. The second kappa shape index (κ2) is 12.4. The lowest BCUT2D eigenvalue weighted by molar-refractivity contribution is 0.0698. The number of aliphatic hydroxyl groups is 1. The topological polar surface area (TPSA) is 82.8 Å². The molecule has 0 saturated carbocycles. The summed E-state index contributed by atoms with van der Waals surface area (Å²) < 4.78 is 27.4. The molecular weight excluding hydrogens is 536 g/mol. The number of anilines is 3. The molecule has 1 amide bonds. The number of hydrogen-bond donors (Lipinski definition) is 2. The van der Waals surface area contributed by atoms with Gasteiger partial charge < -0.3 is 25.1 Å². The van der Waals surface area contributed by atoms with Crippen LogP contribution in [-0.4, -0.2) is 67.3 Å². The molecule has 3 aromatic carbocycles. The molecule has 2 heterocycles. The van der Waals surface area contributed by atoms with Gasteiger partial charge in [0.05, 0.1) is 23.9 Å². The lowest BCUT2D eigenvalue weighted by atomic mass is 9.94. The molecule has 0 bridgehead atoms. The quantitative estimate of drug-likeness (QED) is 0.424. The minimum absolute atomic E-state index is 0.0978. The van der Waals surface area contributed by atoms with Gasteiger partial charge in [0.25, 0.3) is 5.91 Å². The van der Waals surface area contributed by atoms with E-state index < -0.39 is 17.7 Å². The smallest absolute Gasteiger partial charge is 0.254 e. The van der Waals surface area contributed by atoms with Crippen LogP contribution in [0.2, 0.25) is 0 Å². The maximum absolute atomic E-state index is 13.9. The fourth-order valence-electron chi connectivity index (χ4n) is 6.41. The summed E-state index contributed by atoms with van der Waals surface area (Å²) in [6, 6.07) is 15.5. The Morgan fingerprint density at radius 3 is 2.43 bits per heavy atom. The first kappa shape index (κ1) is 29.3. The van der Waals surface area contributed by atoms with E-state index in [-0.39, 0.29) is 25.1 Å². The average molecular weight is 574 g/mol. The number of hydrogen-bond acceptors (Lipinski definition) is 6. The van der Waals surface area contributed by atoms with Crippen molar-refractivity contribution >= 4 is 23.0 Å². The lowest BCUT2D eigenvalue weighted by Gasteiger charge is -2.42. The molecule has 0 aliphatic carbocycles. The molecule has 220 valence electrons. The minimum atomic E-state index is -0.939. The molecule has 0 unspecified atom stereocenters. The first-order chi connectivity index (χ1) is 20.2. The third kappa shape index (κ3) is 5.77. The number of nitrogens with one attached hydrogen (secondary N) is 1. The molecule has 1 atom stereocenters. The van der Waals surface area contributed by atoms with Gasteiger partial charge in [0.2, 0.25) is 0 Å². The molecule has 5 rings (SSSR count). The van der Waals surface area contributed by atoms with Crippen LogP contribution < -0.4 is 15.1 Å². The molecule has 42 heavy (non-hydrogen) atoms. The molecule has 7 nitrogen and oxygen atoms in total. The number of piperazine rings is 1. The Balaban J connectivity index is 1.30. The summed E-state index contributed by atoms with van der Waals surface area (Å²) in [6.07, 6.45) is 1.81. The van der Waals surface area contributed by atoms with Gasteiger partial charge in [-0.05, 0) is 74.6 Å². The Bertz CT molecular complexity index is 1510. The predicted octanol–water partition coefficient (Wildman–Crippen LogP) is 5.17. The number of piperidine rings is 1. The number of para-hydroxylation sites is 1. The summed E-state index contributed by atoms with van der Waals surface area (Å²) in [6.45, 7) is 8.48. The van der Waals surface area contributed by atoms with Crippen molar-refractivity contribution in [2.24, 2.45) is 0 Å². The highest BCUT2D eigenvalue weighted by atomic mass is 19.2. The van der Waals surface area contributed by atoms with Crippen molar-refractivity contribution in [3.63, 3.8) is 0 Å². The van der Waals surface area contributed by atoms with Crippen molar-refractivity contribution in [1.29, 1.82) is 5.26 Å². The van der Waals surface area contributed by atoms with Crippen LogP contribution in [0.25, 0.3) is 0 Å². The van der Waals surface area contributed by atoms with E-state index >= 15 is 0 Å². The first-order valence-electron chi connectivity index (χ1n) is 14.4. The Morgan fingerprint density at radius 1 is 1.00 bits per heavy atom. The highest BCUT2D eigenvalue weighted by Crippen LogP contribution is 2.32. The third-order valence-electron chi connectivity index (χ3n) is 8.61. The molecule has 0 radical (unpaired) electrons. The summed E-state index contributed by atoms with van der Waals surface area (Å²) in [4.78, 5) is 19.8. The Labute approximate surface area is 246 Å². The first-order valence-corrected chi connectivity index (χ1v) is 14.4. The van der Waals surface area contributed by atoms with Gasteiger partial charge in [-0.2, -0.15) is 5.26 Å². The van der Waals surface area contributed by atoms with Crippen LogP contribution in [0.1, 0.15) is 45.5 Å². The zero-order valence-corrected chi connectivity index (χ0v) is 24.3. The highest BCUT2D eigenvalue weighted by molar-refractivity contribution is 5.99. The number of nitriles is 1. The monoisotopic (exact) mass is 573 g/mol. The maximum atomic E-state index is 13.9. The highest BCUT2D eigenvalue weighted by Gasteiger charge is 2.32. The van der Waals surface area contributed by atoms with Crippen LogP contribution in [0, 0.1) is 43.7 Å². The van der Waals surface area contributed by atoms with E-state index in [2.05, 4.69) is 23.2 Å². The molecule has 2 fully saturated rings. The summed E-state index contributed by atoms with van der Waals surface area (Å²) in [5, 5.41) is 23.4. The molecule has 2 N–H and O–H groups in total. The van der Waals surface area contributed by atoms with E-state index in [1.165, 1.54) is 6.07 Å². The summed E-state index contributed by atoms with van der Waals surface area (Å²) in [5.74, 6) is -1.96. The predicted molar refractivity (Wildman–Crippen MR) is 161 cm³/mol. The second-order valence-electron chi connectivity index (χ2n) is 11.3. The van der Waals surface area contributed by atoms with Gasteiger partial charge in [-0.1, -0.05) is 18.2 Å². The van der Waals surface area contributed by atoms with Gasteiger partial charge in [-0.3, -0.25) is 4.79 Å². The number of halogens is 2. The maximum Gasteiger partial charge on any atom is 0.254 e. The van der Waals surface area contributed by atoms with Crippen molar-refractivity contribution in [3.05, 3.63) is 88.0 Å².